The van der Waals surface area contributed by atoms with Crippen LogP contribution in [0, 0.1) is 12.3 Å². The number of hydrogen-bond donors (Lipinski definition) is 3. The monoisotopic (exact) mass is 223 g/mol. The van der Waals surface area contributed by atoms with Crippen molar-refractivity contribution in [2.75, 3.05) is 7.11 Å². The number of aryl methyl sites for hydroxylation is 1. The molecule has 0 bridgehead atoms. The van der Waals surface area contributed by atoms with E-state index in [4.69, 9.17) is 15.9 Å². The fourth-order valence-electron chi connectivity index (χ4n) is 1.19. The highest BCUT2D eigenvalue weighted by atomic mass is 16.5. The van der Waals surface area contributed by atoms with Crippen LogP contribution in [0.25, 0.3) is 0 Å². The van der Waals surface area contributed by atoms with Crippen molar-refractivity contribution in [2.45, 2.75) is 13.3 Å². The van der Waals surface area contributed by atoms with E-state index in [1.54, 1.807) is 7.11 Å². The molecule has 0 aliphatic rings. The molecule has 1 aromatic rings. The van der Waals surface area contributed by atoms with Gasteiger partial charge in [-0.25, -0.2) is 0 Å². The van der Waals surface area contributed by atoms with E-state index in [1.165, 1.54) is 0 Å². The predicted molar refractivity (Wildman–Crippen MR) is 63.6 cm³/mol. The Balaban J connectivity index is 0.000000673. The maximum absolute atomic E-state index is 10.7. The van der Waals surface area contributed by atoms with Gasteiger partial charge in [-0.3, -0.25) is 10.2 Å². The minimum absolute atomic E-state index is 0.226. The molecule has 0 radical (unpaired) electrons. The Kier molecular flexibility index (Phi) is 6.35. The van der Waals surface area contributed by atoms with Crippen LogP contribution < -0.4 is 16.2 Å². The lowest BCUT2D eigenvalue weighted by molar-refractivity contribution is -0.117. The highest BCUT2D eigenvalue weighted by molar-refractivity contribution is 5.77. The number of rotatable bonds is 3. The Morgan fingerprint density at radius 3 is 2.56 bits per heavy atom. The second-order valence-corrected chi connectivity index (χ2v) is 3.13. The topological polar surface area (TPSA) is 102 Å². The van der Waals surface area contributed by atoms with E-state index in [2.05, 4.69) is 5.73 Å². The zero-order chi connectivity index (χ0) is 12.6. The molecule has 88 valence electrons. The third kappa shape index (κ3) is 4.99. The number of benzene rings is 1. The first-order valence-electron chi connectivity index (χ1n) is 4.67. The van der Waals surface area contributed by atoms with E-state index in [-0.39, 0.29) is 12.3 Å². The molecule has 0 atom stereocenters. The maximum Gasteiger partial charge on any atom is 0.221 e. The van der Waals surface area contributed by atoms with E-state index >= 15 is 0 Å². The summed E-state index contributed by atoms with van der Waals surface area (Å²) >= 11 is 0. The van der Waals surface area contributed by atoms with Crippen molar-refractivity contribution in [2.24, 2.45) is 11.5 Å². The summed E-state index contributed by atoms with van der Waals surface area (Å²) in [6, 6.07) is 5.68. The van der Waals surface area contributed by atoms with Gasteiger partial charge in [0.15, 0.2) is 0 Å². The van der Waals surface area contributed by atoms with Crippen LogP contribution in [0.5, 0.6) is 5.75 Å². The Bertz CT molecular complexity index is 364. The van der Waals surface area contributed by atoms with Gasteiger partial charge in [-0.1, -0.05) is 12.1 Å². The second kappa shape index (κ2) is 7.28. The summed E-state index contributed by atoms with van der Waals surface area (Å²) < 4.78 is 5.12. The third-order valence-electron chi connectivity index (χ3n) is 1.81. The van der Waals surface area contributed by atoms with Gasteiger partial charge in [0.1, 0.15) is 5.75 Å². The van der Waals surface area contributed by atoms with Gasteiger partial charge >= 0.3 is 0 Å². The summed E-state index contributed by atoms with van der Waals surface area (Å²) in [6.07, 6.45) is 0.976. The molecule has 0 spiro atoms. The lowest BCUT2D eigenvalue weighted by Crippen LogP contribution is -2.14. The van der Waals surface area contributed by atoms with Crippen molar-refractivity contribution in [3.05, 3.63) is 29.3 Å². The Hall–Kier alpha value is -2.04. The number of nitrogens with one attached hydrogen (secondary N) is 1. The van der Waals surface area contributed by atoms with E-state index < -0.39 is 0 Å². The highest BCUT2D eigenvalue weighted by Gasteiger charge is 2.05. The van der Waals surface area contributed by atoms with Gasteiger partial charge < -0.3 is 16.2 Å². The first-order chi connectivity index (χ1) is 7.54. The fourth-order valence-corrected chi connectivity index (χ4v) is 1.19. The van der Waals surface area contributed by atoms with E-state index in [0.717, 1.165) is 23.2 Å². The van der Waals surface area contributed by atoms with Crippen LogP contribution in [0.2, 0.25) is 0 Å². The van der Waals surface area contributed by atoms with Gasteiger partial charge in [-0.05, 0) is 18.6 Å². The van der Waals surface area contributed by atoms with Crippen LogP contribution in [-0.2, 0) is 11.2 Å². The number of ether oxygens (including phenoxy) is 1. The van der Waals surface area contributed by atoms with Gasteiger partial charge in [0.25, 0.3) is 0 Å². The van der Waals surface area contributed by atoms with Gasteiger partial charge in [0, 0.05) is 5.56 Å². The summed E-state index contributed by atoms with van der Waals surface area (Å²) in [6.45, 7) is 1.97. The molecule has 0 aliphatic heterocycles. The van der Waals surface area contributed by atoms with Crippen molar-refractivity contribution in [1.82, 2.24) is 0 Å². The molecule has 16 heavy (non-hydrogen) atoms. The second-order valence-electron chi connectivity index (χ2n) is 3.13. The van der Waals surface area contributed by atoms with Gasteiger partial charge in [0.05, 0.1) is 19.9 Å². The average Bonchev–Trinajstić information content (AvgIpc) is 2.21. The minimum Gasteiger partial charge on any atom is -0.496 e. The molecular weight excluding hydrogens is 206 g/mol. The fraction of sp³-hybridized carbons (Fsp3) is 0.273. The van der Waals surface area contributed by atoms with Crippen LogP contribution in [0.3, 0.4) is 0 Å². The van der Waals surface area contributed by atoms with Gasteiger partial charge in [-0.2, -0.15) is 0 Å². The first kappa shape index (κ1) is 14.0. The van der Waals surface area contributed by atoms with Crippen LogP contribution in [0.15, 0.2) is 18.2 Å². The third-order valence-corrected chi connectivity index (χ3v) is 1.81. The standard InChI is InChI=1S/C10H13NO2.CH4N2/c1-7-3-4-8(6-10(11)12)9(5-7)13-2;2-1-3/h3-5H,6H2,1-2H3,(H2,11,12);1H,(H3,2,3). The lowest BCUT2D eigenvalue weighted by atomic mass is 10.1. The Morgan fingerprint density at radius 2 is 2.12 bits per heavy atom. The summed E-state index contributed by atoms with van der Waals surface area (Å²) in [5.41, 5.74) is 11.4. The van der Waals surface area contributed by atoms with E-state index in [1.807, 2.05) is 25.1 Å². The Morgan fingerprint density at radius 1 is 1.56 bits per heavy atom. The number of methoxy groups -OCH3 is 1. The van der Waals surface area contributed by atoms with Crippen molar-refractivity contribution in [1.29, 1.82) is 5.41 Å². The molecule has 0 unspecified atom stereocenters. The van der Waals surface area contributed by atoms with Crippen LogP contribution in [0.4, 0.5) is 0 Å². The first-order valence-corrected chi connectivity index (χ1v) is 4.67. The Labute approximate surface area is 94.9 Å². The van der Waals surface area contributed by atoms with Gasteiger partial charge in [0.2, 0.25) is 5.91 Å². The molecule has 1 amide bonds. The summed E-state index contributed by atoms with van der Waals surface area (Å²) in [7, 11) is 1.58. The molecule has 1 aromatic carbocycles. The molecule has 0 aromatic heterocycles. The van der Waals surface area contributed by atoms with Crippen molar-refractivity contribution in [3.63, 3.8) is 0 Å². The summed E-state index contributed by atoms with van der Waals surface area (Å²) in [5, 5.41) is 5.86. The molecule has 0 saturated carbocycles. The number of carbonyl (C=O) groups is 1. The molecule has 0 aliphatic carbocycles. The molecule has 5 nitrogen and oxygen atoms in total. The number of primary amides is 1. The average molecular weight is 223 g/mol. The zero-order valence-corrected chi connectivity index (χ0v) is 9.49. The maximum atomic E-state index is 10.7. The number of amides is 1. The molecular formula is C11H17N3O2. The number of nitrogens with two attached hydrogens (primary N) is 2. The lowest BCUT2D eigenvalue weighted by Gasteiger charge is -2.07. The number of carbonyl (C=O) groups excluding carboxylic acids is 1. The van der Waals surface area contributed by atoms with E-state index in [9.17, 15) is 4.79 Å². The SMILES string of the molecule is COc1cc(C)ccc1CC(N)=O.N=CN. The highest BCUT2D eigenvalue weighted by Crippen LogP contribution is 2.19. The molecule has 5 heteroatoms. The van der Waals surface area contributed by atoms with Crippen LogP contribution in [0.1, 0.15) is 11.1 Å². The quantitative estimate of drug-likeness (QED) is 0.516. The van der Waals surface area contributed by atoms with Crippen molar-refractivity contribution in [3.8, 4) is 5.75 Å². The number of hydrogen-bond acceptors (Lipinski definition) is 3. The smallest absolute Gasteiger partial charge is 0.221 e. The molecule has 0 saturated heterocycles. The van der Waals surface area contributed by atoms with Gasteiger partial charge in [-0.15, -0.1) is 0 Å². The molecule has 1 rings (SSSR count). The van der Waals surface area contributed by atoms with Crippen molar-refractivity contribution >= 4 is 12.2 Å². The van der Waals surface area contributed by atoms with Crippen LogP contribution >= 0.6 is 0 Å². The van der Waals surface area contributed by atoms with Crippen molar-refractivity contribution < 1.29 is 9.53 Å². The normalized spacial score (nSPS) is 8.62. The molecule has 0 heterocycles. The summed E-state index contributed by atoms with van der Waals surface area (Å²) in [4.78, 5) is 10.7. The predicted octanol–water partition coefficient (Wildman–Crippen LogP) is 0.584. The zero-order valence-electron chi connectivity index (χ0n) is 9.49. The summed E-state index contributed by atoms with van der Waals surface area (Å²) in [5.74, 6) is 0.376. The van der Waals surface area contributed by atoms with E-state index in [0.29, 0.717) is 0 Å². The largest absolute Gasteiger partial charge is 0.496 e. The molecule has 0 fully saturated rings. The minimum atomic E-state index is -0.345. The van der Waals surface area contributed by atoms with Crippen LogP contribution in [-0.4, -0.2) is 19.4 Å². The molecule has 5 N–H and O–H groups in total.